The third kappa shape index (κ3) is 6.20. The predicted octanol–water partition coefficient (Wildman–Crippen LogP) is 5.25. The molecule has 9 heteroatoms. The van der Waals surface area contributed by atoms with Crippen molar-refractivity contribution in [2.24, 2.45) is 0 Å². The van der Waals surface area contributed by atoms with Crippen LogP contribution < -0.4 is 9.64 Å². The molecule has 1 aliphatic heterocycles. The lowest BCUT2D eigenvalue weighted by Crippen LogP contribution is -2.39. The first-order valence-electron chi connectivity index (χ1n) is 10.5. The van der Waals surface area contributed by atoms with Crippen LogP contribution in [0, 0.1) is 0 Å². The first-order chi connectivity index (χ1) is 15.1. The number of anilines is 1. The molecule has 1 aliphatic rings. The van der Waals surface area contributed by atoms with Crippen molar-refractivity contribution in [3.63, 3.8) is 0 Å². The van der Waals surface area contributed by atoms with Gasteiger partial charge in [0.1, 0.15) is 5.75 Å². The summed E-state index contributed by atoms with van der Waals surface area (Å²) in [5.41, 5.74) is 1.54. The van der Waals surface area contributed by atoms with E-state index in [-0.39, 0.29) is 18.3 Å². The summed E-state index contributed by atoms with van der Waals surface area (Å²) in [6.45, 7) is 7.55. The highest BCUT2D eigenvalue weighted by atomic mass is 79.9. The summed E-state index contributed by atoms with van der Waals surface area (Å²) >= 11 is 5.07. The molecule has 1 aromatic heterocycles. The van der Waals surface area contributed by atoms with Gasteiger partial charge < -0.3 is 9.47 Å². The SMILES string of the molecule is CCOc1ccc(C(=O)N(CCCN2CCOCC2)c2nc3ccc(Br)cc3s2)cc1.Cl. The second-order valence-corrected chi connectivity index (χ2v) is 9.26. The number of benzene rings is 2. The summed E-state index contributed by atoms with van der Waals surface area (Å²) in [6, 6.07) is 13.3. The maximum atomic E-state index is 13.4. The third-order valence-electron chi connectivity index (χ3n) is 5.19. The quantitative estimate of drug-likeness (QED) is 0.391. The first kappa shape index (κ1) is 24.9. The molecule has 2 heterocycles. The van der Waals surface area contributed by atoms with E-state index in [1.165, 1.54) is 0 Å². The molecular weight excluding hydrogens is 514 g/mol. The van der Waals surface area contributed by atoms with E-state index in [9.17, 15) is 4.79 Å². The lowest BCUT2D eigenvalue weighted by molar-refractivity contribution is 0.0376. The Morgan fingerprint density at radius 2 is 1.97 bits per heavy atom. The second kappa shape index (κ2) is 12.0. The Labute approximate surface area is 207 Å². The lowest BCUT2D eigenvalue weighted by atomic mass is 10.2. The summed E-state index contributed by atoms with van der Waals surface area (Å²) < 4.78 is 13.0. The zero-order valence-corrected chi connectivity index (χ0v) is 21.2. The van der Waals surface area contributed by atoms with Gasteiger partial charge in [0.05, 0.1) is 30.0 Å². The van der Waals surface area contributed by atoms with Crippen LogP contribution in [-0.2, 0) is 4.74 Å². The molecule has 0 N–H and O–H groups in total. The van der Waals surface area contributed by atoms with E-state index in [4.69, 9.17) is 14.5 Å². The average molecular weight is 541 g/mol. The fourth-order valence-corrected chi connectivity index (χ4v) is 5.12. The molecule has 6 nitrogen and oxygen atoms in total. The van der Waals surface area contributed by atoms with Crippen LogP contribution in [0.3, 0.4) is 0 Å². The van der Waals surface area contributed by atoms with Crippen molar-refractivity contribution < 1.29 is 14.3 Å². The number of rotatable bonds is 8. The van der Waals surface area contributed by atoms with Crippen molar-refractivity contribution >= 4 is 60.9 Å². The molecule has 0 saturated carbocycles. The molecule has 0 bridgehead atoms. The number of halogens is 2. The summed E-state index contributed by atoms with van der Waals surface area (Å²) in [6.07, 6.45) is 0.877. The van der Waals surface area contributed by atoms with E-state index in [0.717, 1.165) is 64.8 Å². The number of morpholine rings is 1. The van der Waals surface area contributed by atoms with Crippen molar-refractivity contribution in [2.75, 3.05) is 50.9 Å². The number of hydrogen-bond acceptors (Lipinski definition) is 6. The van der Waals surface area contributed by atoms with Gasteiger partial charge in [-0.3, -0.25) is 14.6 Å². The Kier molecular flexibility index (Phi) is 9.31. The van der Waals surface area contributed by atoms with Crippen LogP contribution in [0.15, 0.2) is 46.9 Å². The number of aromatic nitrogens is 1. The fraction of sp³-hybridized carbons (Fsp3) is 0.391. The van der Waals surface area contributed by atoms with Crippen LogP contribution in [0.25, 0.3) is 10.2 Å². The van der Waals surface area contributed by atoms with Gasteiger partial charge in [-0.2, -0.15) is 0 Å². The highest BCUT2D eigenvalue weighted by Crippen LogP contribution is 2.32. The minimum absolute atomic E-state index is 0. The number of carbonyl (C=O) groups excluding carboxylic acids is 1. The van der Waals surface area contributed by atoms with Gasteiger partial charge in [-0.05, 0) is 55.8 Å². The van der Waals surface area contributed by atoms with Gasteiger partial charge >= 0.3 is 0 Å². The number of amides is 1. The maximum absolute atomic E-state index is 13.4. The number of carbonyl (C=O) groups is 1. The van der Waals surface area contributed by atoms with Crippen LogP contribution in [0.1, 0.15) is 23.7 Å². The number of thiazole rings is 1. The molecule has 32 heavy (non-hydrogen) atoms. The molecule has 172 valence electrons. The van der Waals surface area contributed by atoms with Gasteiger partial charge in [0.25, 0.3) is 5.91 Å². The van der Waals surface area contributed by atoms with Gasteiger partial charge in [0, 0.05) is 36.2 Å². The zero-order chi connectivity index (χ0) is 21.6. The van der Waals surface area contributed by atoms with Crippen molar-refractivity contribution in [1.82, 2.24) is 9.88 Å². The maximum Gasteiger partial charge on any atom is 0.260 e. The minimum Gasteiger partial charge on any atom is -0.494 e. The predicted molar refractivity (Wildman–Crippen MR) is 136 cm³/mol. The lowest BCUT2D eigenvalue weighted by Gasteiger charge is -2.27. The summed E-state index contributed by atoms with van der Waals surface area (Å²) in [4.78, 5) is 22.4. The molecule has 0 spiro atoms. The Morgan fingerprint density at radius 1 is 1.22 bits per heavy atom. The van der Waals surface area contributed by atoms with Gasteiger partial charge in [-0.25, -0.2) is 4.98 Å². The van der Waals surface area contributed by atoms with E-state index in [1.807, 2.05) is 54.3 Å². The molecule has 0 aliphatic carbocycles. The number of hydrogen-bond donors (Lipinski definition) is 0. The fourth-order valence-electron chi connectivity index (χ4n) is 3.58. The standard InChI is InChI=1S/C23H26BrN3O3S.ClH/c1-2-30-19-7-4-17(5-8-19)22(28)27(11-3-10-26-12-14-29-15-13-26)23-25-20-9-6-18(24)16-21(20)31-23;/h4-9,16H,2-3,10-15H2,1H3;1H. The number of fused-ring (bicyclic) bond motifs is 1. The second-order valence-electron chi connectivity index (χ2n) is 7.33. The van der Waals surface area contributed by atoms with Crippen molar-refractivity contribution in [1.29, 1.82) is 0 Å². The molecule has 0 radical (unpaired) electrons. The molecule has 4 rings (SSSR count). The molecular formula is C23H27BrClN3O3S. The van der Waals surface area contributed by atoms with Gasteiger partial charge in [-0.1, -0.05) is 27.3 Å². The highest BCUT2D eigenvalue weighted by Gasteiger charge is 2.22. The molecule has 3 aromatic rings. The Balaban J connectivity index is 0.00000289. The normalized spacial score (nSPS) is 14.2. The molecule has 0 unspecified atom stereocenters. The number of nitrogens with zero attached hydrogens (tertiary/aromatic N) is 3. The molecule has 1 fully saturated rings. The zero-order valence-electron chi connectivity index (χ0n) is 18.0. The Morgan fingerprint density at radius 3 is 2.69 bits per heavy atom. The van der Waals surface area contributed by atoms with Gasteiger partial charge in [0.2, 0.25) is 0 Å². The summed E-state index contributed by atoms with van der Waals surface area (Å²) in [5.74, 6) is 0.728. The van der Waals surface area contributed by atoms with E-state index in [0.29, 0.717) is 18.7 Å². The summed E-state index contributed by atoms with van der Waals surface area (Å²) in [7, 11) is 0. The Hall–Kier alpha value is -1.71. The monoisotopic (exact) mass is 539 g/mol. The van der Waals surface area contributed by atoms with Crippen molar-refractivity contribution in [3.8, 4) is 5.75 Å². The van der Waals surface area contributed by atoms with Crippen LogP contribution in [0.4, 0.5) is 5.13 Å². The van der Waals surface area contributed by atoms with Crippen molar-refractivity contribution in [3.05, 3.63) is 52.5 Å². The summed E-state index contributed by atoms with van der Waals surface area (Å²) in [5, 5.41) is 0.731. The molecule has 1 amide bonds. The first-order valence-corrected chi connectivity index (χ1v) is 12.2. The van der Waals surface area contributed by atoms with E-state index < -0.39 is 0 Å². The van der Waals surface area contributed by atoms with E-state index >= 15 is 0 Å². The van der Waals surface area contributed by atoms with Gasteiger partial charge in [0.15, 0.2) is 5.13 Å². The Bertz CT molecular complexity index is 1030. The third-order valence-corrected chi connectivity index (χ3v) is 6.72. The van der Waals surface area contributed by atoms with E-state index in [1.54, 1.807) is 11.3 Å². The van der Waals surface area contributed by atoms with Gasteiger partial charge in [-0.15, -0.1) is 12.4 Å². The van der Waals surface area contributed by atoms with Crippen LogP contribution in [0.2, 0.25) is 0 Å². The average Bonchev–Trinajstić information content (AvgIpc) is 3.20. The topological polar surface area (TPSA) is 54.9 Å². The largest absolute Gasteiger partial charge is 0.494 e. The van der Waals surface area contributed by atoms with Crippen molar-refractivity contribution in [2.45, 2.75) is 13.3 Å². The molecule has 1 saturated heterocycles. The molecule has 0 atom stereocenters. The highest BCUT2D eigenvalue weighted by molar-refractivity contribution is 9.10. The van der Waals surface area contributed by atoms with E-state index in [2.05, 4.69) is 20.8 Å². The number of ether oxygens (including phenoxy) is 2. The minimum atomic E-state index is -0.0388. The van der Waals surface area contributed by atoms with Crippen LogP contribution in [-0.4, -0.2) is 61.8 Å². The van der Waals surface area contributed by atoms with Crippen LogP contribution in [0.5, 0.6) is 5.75 Å². The smallest absolute Gasteiger partial charge is 0.260 e. The van der Waals surface area contributed by atoms with Crippen LogP contribution >= 0.6 is 39.7 Å². The molecule has 2 aromatic carbocycles.